The van der Waals surface area contributed by atoms with Crippen LogP contribution < -0.4 is 4.72 Å². The summed E-state index contributed by atoms with van der Waals surface area (Å²) < 4.78 is 53.5. The fourth-order valence-electron chi connectivity index (χ4n) is 2.30. The zero-order valence-corrected chi connectivity index (χ0v) is 14.5. The van der Waals surface area contributed by atoms with Crippen molar-refractivity contribution in [3.63, 3.8) is 0 Å². The first kappa shape index (κ1) is 17.5. The highest BCUT2D eigenvalue weighted by atomic mass is 32.2. The summed E-state index contributed by atoms with van der Waals surface area (Å²) in [6.45, 7) is 6.54. The molecule has 0 amide bonds. The number of hydrogen-bond donors (Lipinski definition) is 1. The fraction of sp³-hybridized carbons (Fsp3) is 0.200. The molecule has 2 rings (SSSR count). The van der Waals surface area contributed by atoms with Crippen molar-refractivity contribution in [2.75, 3.05) is 6.54 Å². The highest BCUT2D eigenvalue weighted by molar-refractivity contribution is 7.90. The van der Waals surface area contributed by atoms with E-state index in [1.807, 2.05) is 0 Å². The minimum Gasteiger partial charge on any atom is -0.242 e. The van der Waals surface area contributed by atoms with Crippen LogP contribution in [0.1, 0.15) is 11.4 Å². The molecule has 0 aliphatic heterocycles. The van der Waals surface area contributed by atoms with Crippen LogP contribution in [0.15, 0.2) is 58.8 Å². The molecule has 1 aromatic heterocycles. The highest BCUT2D eigenvalue weighted by Crippen LogP contribution is 2.25. The first-order valence-electron chi connectivity index (χ1n) is 6.82. The summed E-state index contributed by atoms with van der Waals surface area (Å²) >= 11 is 0. The normalized spacial score (nSPS) is 12.3. The van der Waals surface area contributed by atoms with E-state index < -0.39 is 20.0 Å². The molecule has 0 fully saturated rings. The van der Waals surface area contributed by atoms with Crippen molar-refractivity contribution in [2.24, 2.45) is 0 Å². The van der Waals surface area contributed by atoms with Crippen LogP contribution in [0.5, 0.6) is 0 Å². The Morgan fingerprint density at radius 1 is 1.13 bits per heavy atom. The average Bonchev–Trinajstić information content (AvgIpc) is 2.82. The molecule has 124 valence electrons. The van der Waals surface area contributed by atoms with Gasteiger partial charge in [-0.2, -0.15) is 0 Å². The van der Waals surface area contributed by atoms with E-state index in [1.165, 1.54) is 31.2 Å². The van der Waals surface area contributed by atoms with Crippen LogP contribution in [0.2, 0.25) is 0 Å². The van der Waals surface area contributed by atoms with Gasteiger partial charge >= 0.3 is 0 Å². The molecule has 0 saturated heterocycles. The molecule has 1 N–H and O–H groups in total. The summed E-state index contributed by atoms with van der Waals surface area (Å²) in [7, 11) is -7.66. The van der Waals surface area contributed by atoms with E-state index in [-0.39, 0.29) is 22.0 Å². The first-order chi connectivity index (χ1) is 10.7. The van der Waals surface area contributed by atoms with E-state index in [1.54, 1.807) is 25.1 Å². The molecule has 0 unspecified atom stereocenters. The molecule has 1 aromatic carbocycles. The third-order valence-electron chi connectivity index (χ3n) is 3.31. The number of hydrogen-bond acceptors (Lipinski definition) is 4. The molecular weight excluding hydrogens is 336 g/mol. The predicted octanol–water partition coefficient (Wildman–Crippen LogP) is 1.81. The van der Waals surface area contributed by atoms with Crippen molar-refractivity contribution >= 4 is 20.0 Å². The van der Waals surface area contributed by atoms with Gasteiger partial charge in [-0.1, -0.05) is 24.3 Å². The lowest BCUT2D eigenvalue weighted by Crippen LogP contribution is -2.24. The maximum Gasteiger partial charge on any atom is 0.268 e. The fourth-order valence-corrected chi connectivity index (χ4v) is 5.26. The van der Waals surface area contributed by atoms with Gasteiger partial charge in [0.1, 0.15) is 4.90 Å². The predicted molar refractivity (Wildman–Crippen MR) is 88.3 cm³/mol. The molecule has 0 bridgehead atoms. The number of benzene rings is 1. The number of aromatic nitrogens is 1. The van der Waals surface area contributed by atoms with Gasteiger partial charge in [-0.3, -0.25) is 0 Å². The van der Waals surface area contributed by atoms with E-state index in [9.17, 15) is 16.8 Å². The molecule has 1 heterocycles. The molecule has 0 aliphatic carbocycles. The summed E-state index contributed by atoms with van der Waals surface area (Å²) in [6.07, 6.45) is 1.41. The topological polar surface area (TPSA) is 85.2 Å². The van der Waals surface area contributed by atoms with Crippen molar-refractivity contribution in [3.05, 3.63) is 60.4 Å². The lowest BCUT2D eigenvalue weighted by atomic mass is 10.4. The maximum absolute atomic E-state index is 12.8. The Hall–Kier alpha value is -1.90. The van der Waals surface area contributed by atoms with Gasteiger partial charge in [0.15, 0.2) is 0 Å². The molecule has 0 aliphatic rings. The number of rotatable bonds is 6. The van der Waals surface area contributed by atoms with Gasteiger partial charge in [0.05, 0.1) is 10.6 Å². The second-order valence-electron chi connectivity index (χ2n) is 4.96. The molecule has 0 saturated carbocycles. The molecule has 23 heavy (non-hydrogen) atoms. The minimum atomic E-state index is -3.86. The van der Waals surface area contributed by atoms with Gasteiger partial charge in [-0.25, -0.2) is 25.5 Å². The SMILES string of the molecule is C=CCNS(=O)(=O)c1cc(C)n(S(=O)(=O)c2ccccc2)c1C. The van der Waals surface area contributed by atoms with Gasteiger partial charge < -0.3 is 0 Å². The number of sulfonamides is 1. The van der Waals surface area contributed by atoms with Gasteiger partial charge in [-0.05, 0) is 32.0 Å². The summed E-state index contributed by atoms with van der Waals surface area (Å²) in [4.78, 5) is 0.0427. The van der Waals surface area contributed by atoms with E-state index in [0.29, 0.717) is 5.69 Å². The van der Waals surface area contributed by atoms with Crippen LogP contribution >= 0.6 is 0 Å². The molecule has 0 atom stereocenters. The lowest BCUT2D eigenvalue weighted by Gasteiger charge is -2.11. The Labute approximate surface area is 136 Å². The summed E-state index contributed by atoms with van der Waals surface area (Å²) in [5.74, 6) is 0. The summed E-state index contributed by atoms with van der Waals surface area (Å²) in [5.41, 5.74) is 0.466. The van der Waals surface area contributed by atoms with Crippen molar-refractivity contribution in [1.82, 2.24) is 8.69 Å². The Kier molecular flexibility index (Phi) is 4.79. The second-order valence-corrected chi connectivity index (χ2v) is 8.48. The van der Waals surface area contributed by atoms with Crippen molar-refractivity contribution in [3.8, 4) is 0 Å². The van der Waals surface area contributed by atoms with Gasteiger partial charge in [0, 0.05) is 12.2 Å². The Balaban J connectivity index is 2.62. The quantitative estimate of drug-likeness (QED) is 0.802. The van der Waals surface area contributed by atoms with Crippen LogP contribution in [0.3, 0.4) is 0 Å². The largest absolute Gasteiger partial charge is 0.268 e. The first-order valence-corrected chi connectivity index (χ1v) is 9.74. The average molecular weight is 354 g/mol. The molecular formula is C15H18N2O4S2. The Morgan fingerprint density at radius 3 is 2.30 bits per heavy atom. The second kappa shape index (κ2) is 6.31. The number of nitrogens with one attached hydrogen (secondary N) is 1. The van der Waals surface area contributed by atoms with Crippen LogP contribution in [-0.2, 0) is 20.0 Å². The Morgan fingerprint density at radius 2 is 1.74 bits per heavy atom. The molecule has 6 nitrogen and oxygen atoms in total. The third-order valence-corrected chi connectivity index (χ3v) is 6.76. The molecule has 2 aromatic rings. The van der Waals surface area contributed by atoms with Gasteiger partial charge in [0.25, 0.3) is 10.0 Å². The zero-order valence-electron chi connectivity index (χ0n) is 12.9. The van der Waals surface area contributed by atoms with E-state index in [0.717, 1.165) is 3.97 Å². The maximum atomic E-state index is 12.8. The van der Waals surface area contributed by atoms with Crippen molar-refractivity contribution < 1.29 is 16.8 Å². The smallest absolute Gasteiger partial charge is 0.242 e. The minimum absolute atomic E-state index is 0.0589. The number of aryl methyl sites for hydroxylation is 1. The Bertz CT molecular complexity index is 927. The third kappa shape index (κ3) is 3.24. The van der Waals surface area contributed by atoms with Crippen LogP contribution in [-0.4, -0.2) is 27.4 Å². The van der Waals surface area contributed by atoms with Crippen LogP contribution in [0, 0.1) is 13.8 Å². The van der Waals surface area contributed by atoms with Crippen LogP contribution in [0.4, 0.5) is 0 Å². The monoisotopic (exact) mass is 354 g/mol. The zero-order chi connectivity index (χ0) is 17.3. The standard InChI is InChI=1S/C15H18N2O4S2/c1-4-10-16-22(18,19)15-11-12(2)17(13(15)3)23(20,21)14-8-6-5-7-9-14/h4-9,11,16H,1,10H2,2-3H3. The van der Waals surface area contributed by atoms with Gasteiger partial charge in [-0.15, -0.1) is 6.58 Å². The molecule has 0 radical (unpaired) electrons. The van der Waals surface area contributed by atoms with E-state index >= 15 is 0 Å². The van der Waals surface area contributed by atoms with Crippen molar-refractivity contribution in [1.29, 1.82) is 0 Å². The number of nitrogens with zero attached hydrogens (tertiary/aromatic N) is 1. The summed E-state index contributed by atoms with van der Waals surface area (Å²) in [5, 5.41) is 0. The van der Waals surface area contributed by atoms with E-state index in [2.05, 4.69) is 11.3 Å². The van der Waals surface area contributed by atoms with Gasteiger partial charge in [0.2, 0.25) is 10.0 Å². The van der Waals surface area contributed by atoms with Crippen molar-refractivity contribution in [2.45, 2.75) is 23.6 Å². The summed E-state index contributed by atoms with van der Waals surface area (Å²) in [6, 6.07) is 9.23. The lowest BCUT2D eigenvalue weighted by molar-refractivity contribution is 0.582. The molecule has 8 heteroatoms. The molecule has 0 spiro atoms. The van der Waals surface area contributed by atoms with E-state index in [4.69, 9.17) is 0 Å². The highest BCUT2D eigenvalue weighted by Gasteiger charge is 2.27. The van der Waals surface area contributed by atoms with Crippen LogP contribution in [0.25, 0.3) is 0 Å².